The minimum atomic E-state index is -0.477. The average Bonchev–Trinajstić information content (AvgIpc) is 2.97. The lowest BCUT2D eigenvalue weighted by Crippen LogP contribution is -2.37. The van der Waals surface area contributed by atoms with Crippen molar-refractivity contribution in [2.45, 2.75) is 37.8 Å². The second-order valence-corrected chi connectivity index (χ2v) is 5.24. The largest absolute Gasteiger partial charge is 0.383 e. The zero-order valence-corrected chi connectivity index (χ0v) is 13.1. The van der Waals surface area contributed by atoms with Crippen LogP contribution in [-0.4, -0.2) is 56.8 Å². The molecule has 2 rings (SSSR count). The Hall–Kier alpha value is -1.02. The molecule has 7 heteroatoms. The number of aromatic nitrogens is 2. The molecule has 0 radical (unpaired) electrons. The van der Waals surface area contributed by atoms with Gasteiger partial charge in [0.25, 0.3) is 0 Å². The maximum atomic E-state index is 5.67. The lowest BCUT2D eigenvalue weighted by molar-refractivity contribution is -0.101. The highest BCUT2D eigenvalue weighted by atomic mass is 16.5. The van der Waals surface area contributed by atoms with Gasteiger partial charge in [-0.05, 0) is 6.54 Å². The second-order valence-electron chi connectivity index (χ2n) is 5.24. The van der Waals surface area contributed by atoms with E-state index in [4.69, 9.17) is 18.7 Å². The van der Waals surface area contributed by atoms with Gasteiger partial charge in [0.05, 0.1) is 6.61 Å². The van der Waals surface area contributed by atoms with Crippen LogP contribution in [0, 0.1) is 0 Å². The van der Waals surface area contributed by atoms with Gasteiger partial charge in [-0.2, -0.15) is 4.98 Å². The maximum Gasteiger partial charge on any atom is 0.228 e. The Morgan fingerprint density at radius 3 is 2.71 bits per heavy atom. The molecule has 1 atom stereocenters. The minimum absolute atomic E-state index is 0.168. The number of hydrogen-bond donors (Lipinski definition) is 1. The van der Waals surface area contributed by atoms with E-state index in [0.29, 0.717) is 38.0 Å². The van der Waals surface area contributed by atoms with E-state index in [1.807, 2.05) is 0 Å². The van der Waals surface area contributed by atoms with Crippen LogP contribution in [0.2, 0.25) is 0 Å². The summed E-state index contributed by atoms with van der Waals surface area (Å²) in [6.45, 7) is 4.84. The Morgan fingerprint density at radius 1 is 1.33 bits per heavy atom. The van der Waals surface area contributed by atoms with Gasteiger partial charge in [-0.15, -0.1) is 0 Å². The van der Waals surface area contributed by atoms with E-state index in [9.17, 15) is 0 Å². The molecule has 1 aromatic rings. The van der Waals surface area contributed by atoms with E-state index in [0.717, 1.165) is 19.4 Å². The van der Waals surface area contributed by atoms with Gasteiger partial charge >= 0.3 is 0 Å². The van der Waals surface area contributed by atoms with Crippen molar-refractivity contribution in [2.24, 2.45) is 0 Å². The van der Waals surface area contributed by atoms with Gasteiger partial charge in [-0.3, -0.25) is 0 Å². The van der Waals surface area contributed by atoms with E-state index in [-0.39, 0.29) is 6.04 Å². The number of likely N-dealkylation sites (N-methyl/N-ethyl adjacent to an activating group) is 1. The first-order valence-electron chi connectivity index (χ1n) is 7.42. The van der Waals surface area contributed by atoms with Gasteiger partial charge in [-0.1, -0.05) is 12.1 Å². The van der Waals surface area contributed by atoms with Crippen LogP contribution in [0.4, 0.5) is 0 Å². The highest BCUT2D eigenvalue weighted by Crippen LogP contribution is 2.33. The molecule has 0 amide bonds. The van der Waals surface area contributed by atoms with Crippen LogP contribution >= 0.6 is 0 Å². The number of ether oxygens (including phenoxy) is 3. The molecule has 2 heterocycles. The van der Waals surface area contributed by atoms with Gasteiger partial charge < -0.3 is 24.1 Å². The molecular formula is C14H25N3O4. The molecule has 120 valence electrons. The summed E-state index contributed by atoms with van der Waals surface area (Å²) in [5.74, 6) is 1.23. The minimum Gasteiger partial charge on any atom is -0.383 e. The number of methoxy groups -OCH3 is 2. The zero-order valence-electron chi connectivity index (χ0n) is 13.1. The Morgan fingerprint density at radius 2 is 2.10 bits per heavy atom. The highest BCUT2D eigenvalue weighted by molar-refractivity contribution is 5.03. The third-order valence-electron chi connectivity index (χ3n) is 3.85. The lowest BCUT2D eigenvalue weighted by atomic mass is 9.93. The summed E-state index contributed by atoms with van der Waals surface area (Å²) >= 11 is 0. The van der Waals surface area contributed by atoms with Gasteiger partial charge in [0.1, 0.15) is 5.60 Å². The van der Waals surface area contributed by atoms with Crippen molar-refractivity contribution in [3.05, 3.63) is 11.7 Å². The first-order valence-corrected chi connectivity index (χ1v) is 7.42. The summed E-state index contributed by atoms with van der Waals surface area (Å²) in [6.07, 6.45) is 2.14. The number of rotatable bonds is 8. The van der Waals surface area contributed by atoms with E-state index in [2.05, 4.69) is 22.4 Å². The van der Waals surface area contributed by atoms with Crippen molar-refractivity contribution >= 4 is 0 Å². The SMILES string of the molecule is CCNC(COC)Cc1nc(C2(OC)CCOCC2)no1. The highest BCUT2D eigenvalue weighted by Gasteiger charge is 2.39. The topological polar surface area (TPSA) is 78.6 Å². The molecule has 1 saturated heterocycles. The van der Waals surface area contributed by atoms with Crippen LogP contribution in [0.15, 0.2) is 4.52 Å². The summed E-state index contributed by atoms with van der Waals surface area (Å²) in [4.78, 5) is 4.53. The Bertz CT molecular complexity index is 412. The summed E-state index contributed by atoms with van der Waals surface area (Å²) in [5, 5.41) is 7.46. The summed E-state index contributed by atoms with van der Waals surface area (Å²) in [6, 6.07) is 0.168. The fourth-order valence-electron chi connectivity index (χ4n) is 2.63. The first-order chi connectivity index (χ1) is 10.2. The Balaban J connectivity index is 2.05. The molecule has 1 aromatic heterocycles. The molecule has 0 aliphatic carbocycles. The van der Waals surface area contributed by atoms with E-state index in [1.165, 1.54) is 0 Å². The van der Waals surface area contributed by atoms with Gasteiger partial charge in [0.2, 0.25) is 11.7 Å². The standard InChI is InChI=1S/C14H25N3O4/c1-4-15-11(10-18-2)9-12-16-13(17-21-12)14(19-3)5-7-20-8-6-14/h11,15H,4-10H2,1-3H3. The molecule has 0 aromatic carbocycles. The quantitative estimate of drug-likeness (QED) is 0.763. The van der Waals surface area contributed by atoms with Crippen LogP contribution in [-0.2, 0) is 26.2 Å². The molecule has 1 aliphatic rings. The summed E-state index contributed by atoms with van der Waals surface area (Å²) in [5.41, 5.74) is -0.477. The maximum absolute atomic E-state index is 5.67. The normalized spacial score (nSPS) is 19.6. The molecular weight excluding hydrogens is 274 g/mol. The summed E-state index contributed by atoms with van der Waals surface area (Å²) < 4.78 is 21.7. The van der Waals surface area contributed by atoms with E-state index in [1.54, 1.807) is 14.2 Å². The smallest absolute Gasteiger partial charge is 0.228 e. The van der Waals surface area contributed by atoms with Crippen LogP contribution in [0.25, 0.3) is 0 Å². The molecule has 0 spiro atoms. The van der Waals surface area contributed by atoms with Crippen molar-refractivity contribution in [3.8, 4) is 0 Å². The number of nitrogens with one attached hydrogen (secondary N) is 1. The van der Waals surface area contributed by atoms with Crippen molar-refractivity contribution in [3.63, 3.8) is 0 Å². The van der Waals surface area contributed by atoms with Crippen LogP contribution in [0.3, 0.4) is 0 Å². The number of hydrogen-bond acceptors (Lipinski definition) is 7. The molecule has 7 nitrogen and oxygen atoms in total. The van der Waals surface area contributed by atoms with Crippen LogP contribution < -0.4 is 5.32 Å². The molecule has 1 N–H and O–H groups in total. The first kappa shape index (κ1) is 16.4. The Labute approximate surface area is 125 Å². The summed E-state index contributed by atoms with van der Waals surface area (Å²) in [7, 11) is 3.37. The van der Waals surface area contributed by atoms with Gasteiger partial charge in [0, 0.05) is 52.7 Å². The monoisotopic (exact) mass is 299 g/mol. The third kappa shape index (κ3) is 4.00. The van der Waals surface area contributed by atoms with Crippen molar-refractivity contribution in [2.75, 3.05) is 40.6 Å². The van der Waals surface area contributed by atoms with Crippen LogP contribution in [0.1, 0.15) is 31.5 Å². The molecule has 0 bridgehead atoms. The molecule has 1 aliphatic heterocycles. The molecule has 21 heavy (non-hydrogen) atoms. The lowest BCUT2D eigenvalue weighted by Gasteiger charge is -2.32. The van der Waals surface area contributed by atoms with E-state index >= 15 is 0 Å². The second kappa shape index (κ2) is 7.84. The number of nitrogens with zero attached hydrogens (tertiary/aromatic N) is 2. The van der Waals surface area contributed by atoms with Gasteiger partial charge in [-0.25, -0.2) is 0 Å². The van der Waals surface area contributed by atoms with Crippen molar-refractivity contribution in [1.82, 2.24) is 15.5 Å². The van der Waals surface area contributed by atoms with E-state index < -0.39 is 5.60 Å². The van der Waals surface area contributed by atoms with Crippen molar-refractivity contribution < 1.29 is 18.7 Å². The molecule has 1 unspecified atom stereocenters. The average molecular weight is 299 g/mol. The zero-order chi connectivity index (χ0) is 15.1. The molecule has 1 fully saturated rings. The predicted octanol–water partition coefficient (Wildman–Crippen LogP) is 0.889. The fourth-order valence-corrected chi connectivity index (χ4v) is 2.63. The third-order valence-corrected chi connectivity index (χ3v) is 3.85. The van der Waals surface area contributed by atoms with Gasteiger partial charge in [0.15, 0.2) is 0 Å². The fraction of sp³-hybridized carbons (Fsp3) is 0.857. The predicted molar refractivity (Wildman–Crippen MR) is 76.1 cm³/mol. The Kier molecular flexibility index (Phi) is 6.10. The van der Waals surface area contributed by atoms with Crippen molar-refractivity contribution in [1.29, 1.82) is 0 Å². The van der Waals surface area contributed by atoms with Crippen LogP contribution in [0.5, 0.6) is 0 Å². The molecule has 0 saturated carbocycles.